The lowest BCUT2D eigenvalue weighted by molar-refractivity contribution is -0.153. The van der Waals surface area contributed by atoms with Gasteiger partial charge in [-0.1, -0.05) is 28.1 Å². The number of nitrogens with one attached hydrogen (secondary N) is 1. The number of ether oxygens (including phenoxy) is 2. The van der Waals surface area contributed by atoms with Gasteiger partial charge >= 0.3 is 12.3 Å². The maximum absolute atomic E-state index is 12.5. The first-order valence-corrected chi connectivity index (χ1v) is 8.16. The van der Waals surface area contributed by atoms with Gasteiger partial charge in [0, 0.05) is 9.86 Å². The SMILES string of the molecule is CC(C)(C)OC(=O)Nc1c(OCC(F)(F)F)ccc2ccc(Br)cc12. The van der Waals surface area contributed by atoms with Crippen LogP contribution in [-0.4, -0.2) is 24.5 Å². The van der Waals surface area contributed by atoms with Crippen LogP contribution in [0.25, 0.3) is 10.8 Å². The Morgan fingerprint density at radius 1 is 1.16 bits per heavy atom. The molecule has 0 aromatic heterocycles. The van der Waals surface area contributed by atoms with E-state index in [-0.39, 0.29) is 11.4 Å². The third kappa shape index (κ3) is 5.81. The highest BCUT2D eigenvalue weighted by molar-refractivity contribution is 9.10. The summed E-state index contributed by atoms with van der Waals surface area (Å²) >= 11 is 3.31. The number of fused-ring (bicyclic) bond motifs is 1. The molecule has 2 rings (SSSR count). The van der Waals surface area contributed by atoms with Crippen molar-refractivity contribution in [3.63, 3.8) is 0 Å². The topological polar surface area (TPSA) is 47.6 Å². The molecular weight excluding hydrogens is 403 g/mol. The lowest BCUT2D eigenvalue weighted by Crippen LogP contribution is -2.27. The second-order valence-corrected chi connectivity index (χ2v) is 7.25. The quantitative estimate of drug-likeness (QED) is 0.674. The smallest absolute Gasteiger partial charge is 0.422 e. The predicted octanol–water partition coefficient (Wildman–Crippen LogP) is 5.89. The molecule has 25 heavy (non-hydrogen) atoms. The second-order valence-electron chi connectivity index (χ2n) is 6.33. The Bertz CT molecular complexity index is 785. The minimum absolute atomic E-state index is 0.0891. The fourth-order valence-electron chi connectivity index (χ4n) is 2.09. The number of amides is 1. The minimum atomic E-state index is -4.49. The Balaban J connectivity index is 2.43. The maximum Gasteiger partial charge on any atom is 0.422 e. The lowest BCUT2D eigenvalue weighted by Gasteiger charge is -2.21. The number of rotatable bonds is 3. The van der Waals surface area contributed by atoms with Gasteiger partial charge in [-0.3, -0.25) is 5.32 Å². The fraction of sp³-hybridized carbons (Fsp3) is 0.353. The standard InChI is InChI=1S/C17H17BrF3NO3/c1-16(2,3)25-15(23)22-14-12-8-11(18)6-4-10(12)5-7-13(14)24-9-17(19,20)21/h4-8H,9H2,1-3H3,(H,22,23). The van der Waals surface area contributed by atoms with Crippen LogP contribution in [0, 0.1) is 0 Å². The van der Waals surface area contributed by atoms with Crippen LogP contribution >= 0.6 is 15.9 Å². The van der Waals surface area contributed by atoms with Crippen molar-refractivity contribution in [1.82, 2.24) is 0 Å². The Morgan fingerprint density at radius 2 is 1.80 bits per heavy atom. The summed E-state index contributed by atoms with van der Waals surface area (Å²) in [5.74, 6) is -0.0891. The molecule has 2 aromatic carbocycles. The number of hydrogen-bond donors (Lipinski definition) is 1. The number of hydrogen-bond acceptors (Lipinski definition) is 3. The van der Waals surface area contributed by atoms with Crippen LogP contribution in [0.15, 0.2) is 34.8 Å². The van der Waals surface area contributed by atoms with Crippen LogP contribution in [0.4, 0.5) is 23.7 Å². The minimum Gasteiger partial charge on any atom is -0.482 e. The molecule has 0 unspecified atom stereocenters. The summed E-state index contributed by atoms with van der Waals surface area (Å²) in [6, 6.07) is 8.24. The van der Waals surface area contributed by atoms with Crippen LogP contribution in [0.2, 0.25) is 0 Å². The third-order valence-corrected chi connectivity index (χ3v) is 3.46. The van der Waals surface area contributed by atoms with Gasteiger partial charge in [0.2, 0.25) is 0 Å². The molecule has 0 bridgehead atoms. The summed E-state index contributed by atoms with van der Waals surface area (Å²) in [6.45, 7) is 3.60. The monoisotopic (exact) mass is 419 g/mol. The van der Waals surface area contributed by atoms with E-state index in [9.17, 15) is 18.0 Å². The molecule has 0 aliphatic heterocycles. The Morgan fingerprint density at radius 3 is 2.40 bits per heavy atom. The van der Waals surface area contributed by atoms with Gasteiger partial charge in [0.25, 0.3) is 0 Å². The average Bonchev–Trinajstić information content (AvgIpc) is 2.43. The largest absolute Gasteiger partial charge is 0.482 e. The number of anilines is 1. The highest BCUT2D eigenvalue weighted by Gasteiger charge is 2.29. The van der Waals surface area contributed by atoms with Crippen molar-refractivity contribution < 1.29 is 27.4 Å². The van der Waals surface area contributed by atoms with Crippen molar-refractivity contribution in [2.75, 3.05) is 11.9 Å². The molecule has 0 aliphatic carbocycles. The van der Waals surface area contributed by atoms with Gasteiger partial charge in [-0.25, -0.2) is 4.79 Å². The first-order valence-electron chi connectivity index (χ1n) is 7.36. The zero-order valence-electron chi connectivity index (χ0n) is 13.8. The van der Waals surface area contributed by atoms with E-state index >= 15 is 0 Å². The van der Waals surface area contributed by atoms with Crippen LogP contribution in [-0.2, 0) is 4.74 Å². The molecule has 0 aliphatic rings. The highest BCUT2D eigenvalue weighted by atomic mass is 79.9. The van der Waals surface area contributed by atoms with E-state index < -0.39 is 24.5 Å². The van der Waals surface area contributed by atoms with Crippen molar-refractivity contribution in [3.05, 3.63) is 34.8 Å². The number of benzene rings is 2. The molecule has 0 atom stereocenters. The molecule has 1 N–H and O–H groups in total. The first-order chi connectivity index (χ1) is 11.4. The molecule has 136 valence electrons. The van der Waals surface area contributed by atoms with E-state index in [1.54, 1.807) is 45.0 Å². The first kappa shape index (κ1) is 19.4. The molecule has 0 saturated carbocycles. The van der Waals surface area contributed by atoms with Crippen LogP contribution in [0.3, 0.4) is 0 Å². The van der Waals surface area contributed by atoms with Gasteiger partial charge in [0.1, 0.15) is 11.4 Å². The fourth-order valence-corrected chi connectivity index (χ4v) is 2.45. The van der Waals surface area contributed by atoms with Gasteiger partial charge in [0.15, 0.2) is 6.61 Å². The molecule has 0 spiro atoms. The molecule has 2 aromatic rings. The van der Waals surface area contributed by atoms with Crippen LogP contribution < -0.4 is 10.1 Å². The molecule has 0 saturated heterocycles. The zero-order valence-corrected chi connectivity index (χ0v) is 15.4. The zero-order chi connectivity index (χ0) is 18.8. The van der Waals surface area contributed by atoms with E-state index in [4.69, 9.17) is 9.47 Å². The van der Waals surface area contributed by atoms with Crippen molar-refractivity contribution in [2.45, 2.75) is 32.5 Å². The Labute approximate surface area is 151 Å². The third-order valence-electron chi connectivity index (χ3n) is 2.96. The molecule has 4 nitrogen and oxygen atoms in total. The summed E-state index contributed by atoms with van der Waals surface area (Å²) in [6.07, 6.45) is -5.27. The van der Waals surface area contributed by atoms with Crippen LogP contribution in [0.1, 0.15) is 20.8 Å². The second kappa shape index (κ2) is 7.11. The molecule has 8 heteroatoms. The number of halogens is 4. The lowest BCUT2D eigenvalue weighted by atomic mass is 10.1. The van der Waals surface area contributed by atoms with Crippen molar-refractivity contribution in [1.29, 1.82) is 0 Å². The van der Waals surface area contributed by atoms with Gasteiger partial charge in [-0.2, -0.15) is 13.2 Å². The van der Waals surface area contributed by atoms with Gasteiger partial charge < -0.3 is 9.47 Å². The Hall–Kier alpha value is -1.96. The normalized spacial score (nSPS) is 12.1. The molecule has 1 amide bonds. The molecular formula is C17H17BrF3NO3. The van der Waals surface area contributed by atoms with E-state index in [0.29, 0.717) is 9.86 Å². The summed E-state index contributed by atoms with van der Waals surface area (Å²) < 4.78 is 48.2. The van der Waals surface area contributed by atoms with E-state index in [2.05, 4.69) is 21.2 Å². The van der Waals surface area contributed by atoms with Gasteiger partial charge in [-0.05, 0) is 44.4 Å². The van der Waals surface area contributed by atoms with Crippen molar-refractivity contribution >= 4 is 38.5 Å². The summed E-state index contributed by atoms with van der Waals surface area (Å²) in [5, 5.41) is 3.76. The van der Waals surface area contributed by atoms with Gasteiger partial charge in [0.05, 0.1) is 5.69 Å². The molecule has 0 radical (unpaired) electrons. The maximum atomic E-state index is 12.5. The highest BCUT2D eigenvalue weighted by Crippen LogP contribution is 2.36. The molecule has 0 fully saturated rings. The Kier molecular flexibility index (Phi) is 5.51. The van der Waals surface area contributed by atoms with Crippen molar-refractivity contribution in [3.8, 4) is 5.75 Å². The summed E-state index contributed by atoms with van der Waals surface area (Å²) in [5.41, 5.74) is -0.625. The summed E-state index contributed by atoms with van der Waals surface area (Å²) in [7, 11) is 0. The summed E-state index contributed by atoms with van der Waals surface area (Å²) in [4.78, 5) is 12.1. The van der Waals surface area contributed by atoms with E-state index in [1.807, 2.05) is 0 Å². The number of carbonyl (C=O) groups excluding carboxylic acids is 1. The number of alkyl halides is 3. The number of carbonyl (C=O) groups is 1. The van der Waals surface area contributed by atoms with Crippen molar-refractivity contribution in [2.24, 2.45) is 0 Å². The average molecular weight is 420 g/mol. The van der Waals surface area contributed by atoms with E-state index in [1.165, 1.54) is 6.07 Å². The van der Waals surface area contributed by atoms with Crippen LogP contribution in [0.5, 0.6) is 5.75 Å². The predicted molar refractivity (Wildman–Crippen MR) is 93.1 cm³/mol. The van der Waals surface area contributed by atoms with Gasteiger partial charge in [-0.15, -0.1) is 0 Å². The van der Waals surface area contributed by atoms with E-state index in [0.717, 1.165) is 5.39 Å². The molecule has 0 heterocycles.